The Morgan fingerprint density at radius 2 is 1.91 bits per heavy atom. The number of nitrogens with zero attached hydrogens (tertiary/aromatic N) is 4. The summed E-state index contributed by atoms with van der Waals surface area (Å²) in [6.07, 6.45) is 6.33. The first-order valence-corrected chi connectivity index (χ1v) is 12.0. The third-order valence-corrected chi connectivity index (χ3v) is 6.53. The number of rotatable bonds is 7. The van der Waals surface area contributed by atoms with Crippen LogP contribution in [0.3, 0.4) is 0 Å². The molecule has 1 saturated heterocycles. The van der Waals surface area contributed by atoms with E-state index in [1.54, 1.807) is 0 Å². The molecule has 2 N–H and O–H groups in total. The number of hydrogen-bond donors (Lipinski definition) is 2. The molecule has 0 atom stereocenters. The standard InChI is InChI=1S/C24H31F2N5O4/c1-14(2)13-30-21-15(4-7-18(32)29-10-8-16(9-11-29)24(3,25)26)12-27-31(21)23(35)19(22(30)34)20(33)28-17-5-6-17/h4,7,12,14,16-17,35H,5-6,8-11,13H2,1-3H3,(H,28,33). The highest BCUT2D eigenvalue weighted by molar-refractivity contribution is 5.97. The van der Waals surface area contributed by atoms with E-state index in [1.807, 2.05) is 13.8 Å². The van der Waals surface area contributed by atoms with Gasteiger partial charge < -0.3 is 15.3 Å². The van der Waals surface area contributed by atoms with Gasteiger partial charge in [-0.05, 0) is 44.6 Å². The molecule has 2 fully saturated rings. The summed E-state index contributed by atoms with van der Waals surface area (Å²) in [7, 11) is 0. The Morgan fingerprint density at radius 3 is 2.49 bits per heavy atom. The van der Waals surface area contributed by atoms with Crippen LogP contribution in [-0.2, 0) is 11.3 Å². The average Bonchev–Trinajstić information content (AvgIpc) is 3.49. The first-order chi connectivity index (χ1) is 16.5. The minimum Gasteiger partial charge on any atom is -0.492 e. The monoisotopic (exact) mass is 491 g/mol. The molecule has 2 amide bonds. The van der Waals surface area contributed by atoms with E-state index in [9.17, 15) is 28.3 Å². The molecule has 11 heteroatoms. The molecule has 4 rings (SSSR count). The molecule has 9 nitrogen and oxygen atoms in total. The van der Waals surface area contributed by atoms with Crippen molar-refractivity contribution < 1.29 is 23.5 Å². The molecular formula is C24H31F2N5O4. The van der Waals surface area contributed by atoms with Crippen LogP contribution in [0.1, 0.15) is 62.4 Å². The van der Waals surface area contributed by atoms with Crippen molar-refractivity contribution in [2.75, 3.05) is 13.1 Å². The number of aromatic hydroxyl groups is 1. The quantitative estimate of drug-likeness (QED) is 0.579. The van der Waals surface area contributed by atoms with E-state index in [4.69, 9.17) is 0 Å². The summed E-state index contributed by atoms with van der Waals surface area (Å²) in [5.74, 6) is -4.99. The van der Waals surface area contributed by atoms with Crippen molar-refractivity contribution in [1.82, 2.24) is 24.4 Å². The van der Waals surface area contributed by atoms with Gasteiger partial charge in [0.05, 0.1) is 6.20 Å². The van der Waals surface area contributed by atoms with Gasteiger partial charge in [-0.25, -0.2) is 8.78 Å². The van der Waals surface area contributed by atoms with Crippen LogP contribution in [-0.4, -0.2) is 61.1 Å². The van der Waals surface area contributed by atoms with Gasteiger partial charge in [-0.3, -0.25) is 19.0 Å². The molecular weight excluding hydrogens is 460 g/mol. The maximum atomic E-state index is 13.6. The van der Waals surface area contributed by atoms with Crippen molar-refractivity contribution in [3.8, 4) is 5.88 Å². The SMILES string of the molecule is CC(C)Cn1c(=O)c(C(=O)NC2CC2)c(O)n2ncc(C=CC(=O)N3CCC(C(C)(F)F)CC3)c12. The number of nitrogens with one attached hydrogen (secondary N) is 1. The predicted molar refractivity (Wildman–Crippen MR) is 125 cm³/mol. The summed E-state index contributed by atoms with van der Waals surface area (Å²) in [5.41, 5.74) is -0.325. The van der Waals surface area contributed by atoms with E-state index in [-0.39, 0.29) is 61.6 Å². The maximum absolute atomic E-state index is 13.6. The lowest BCUT2D eigenvalue weighted by Crippen LogP contribution is -2.41. The highest BCUT2D eigenvalue weighted by Gasteiger charge is 2.37. The molecule has 0 unspecified atom stereocenters. The average molecular weight is 492 g/mol. The largest absolute Gasteiger partial charge is 0.492 e. The van der Waals surface area contributed by atoms with Crippen LogP contribution in [0.5, 0.6) is 5.88 Å². The lowest BCUT2D eigenvalue weighted by molar-refractivity contribution is -0.130. The van der Waals surface area contributed by atoms with Crippen molar-refractivity contribution in [2.45, 2.75) is 65.0 Å². The molecule has 3 heterocycles. The van der Waals surface area contributed by atoms with Crippen LogP contribution >= 0.6 is 0 Å². The van der Waals surface area contributed by atoms with Gasteiger partial charge in [-0.1, -0.05) is 13.8 Å². The van der Waals surface area contributed by atoms with E-state index < -0.39 is 29.2 Å². The summed E-state index contributed by atoms with van der Waals surface area (Å²) in [5, 5.41) is 17.6. The Bertz CT molecular complexity index is 1220. The Morgan fingerprint density at radius 1 is 1.26 bits per heavy atom. The smallest absolute Gasteiger partial charge is 0.270 e. The Hall–Kier alpha value is -3.24. The molecule has 2 aromatic rings. The van der Waals surface area contributed by atoms with Gasteiger partial charge >= 0.3 is 0 Å². The predicted octanol–water partition coefficient (Wildman–Crippen LogP) is 2.66. The van der Waals surface area contributed by atoms with Gasteiger partial charge in [0, 0.05) is 43.2 Å². The van der Waals surface area contributed by atoms with E-state index in [0.717, 1.165) is 24.3 Å². The molecule has 0 spiro atoms. The molecule has 1 aliphatic heterocycles. The first-order valence-electron chi connectivity index (χ1n) is 12.0. The second-order valence-corrected chi connectivity index (χ2v) is 9.98. The van der Waals surface area contributed by atoms with Crippen LogP contribution < -0.4 is 10.9 Å². The number of halogens is 2. The Kier molecular flexibility index (Phi) is 6.70. The fourth-order valence-corrected chi connectivity index (χ4v) is 4.42. The molecule has 2 aromatic heterocycles. The third-order valence-electron chi connectivity index (χ3n) is 6.53. The topological polar surface area (TPSA) is 109 Å². The van der Waals surface area contributed by atoms with E-state index in [2.05, 4.69) is 10.4 Å². The number of carbonyl (C=O) groups is 2. The zero-order valence-corrected chi connectivity index (χ0v) is 20.1. The van der Waals surface area contributed by atoms with E-state index in [1.165, 1.54) is 27.8 Å². The maximum Gasteiger partial charge on any atom is 0.270 e. The minimum absolute atomic E-state index is 0.00583. The number of piperidine rings is 1. The molecule has 2 aliphatic rings. The fraction of sp³-hybridized carbons (Fsp3) is 0.583. The van der Waals surface area contributed by atoms with Crippen molar-refractivity contribution in [1.29, 1.82) is 0 Å². The lowest BCUT2D eigenvalue weighted by Gasteiger charge is -2.34. The van der Waals surface area contributed by atoms with Crippen molar-refractivity contribution in [3.05, 3.63) is 33.8 Å². The number of hydrogen-bond acceptors (Lipinski definition) is 5. The van der Waals surface area contributed by atoms with Gasteiger partial charge in [-0.2, -0.15) is 9.61 Å². The van der Waals surface area contributed by atoms with Gasteiger partial charge in [0.25, 0.3) is 11.5 Å². The highest BCUT2D eigenvalue weighted by Crippen LogP contribution is 2.32. The van der Waals surface area contributed by atoms with Crippen LogP contribution in [0, 0.1) is 11.8 Å². The van der Waals surface area contributed by atoms with Gasteiger partial charge in [0.1, 0.15) is 5.65 Å². The summed E-state index contributed by atoms with van der Waals surface area (Å²) in [6.45, 7) is 5.49. The molecule has 190 valence electrons. The molecule has 0 bridgehead atoms. The number of likely N-dealkylation sites (tertiary alicyclic amines) is 1. The zero-order chi connectivity index (χ0) is 25.5. The summed E-state index contributed by atoms with van der Waals surface area (Å²) in [6, 6.07) is 0.00583. The first kappa shape index (κ1) is 24.9. The van der Waals surface area contributed by atoms with Gasteiger partial charge in [-0.15, -0.1) is 0 Å². The van der Waals surface area contributed by atoms with Crippen molar-refractivity contribution in [3.63, 3.8) is 0 Å². The number of fused-ring (bicyclic) bond motifs is 1. The van der Waals surface area contributed by atoms with E-state index in [0.29, 0.717) is 5.56 Å². The molecule has 0 aromatic carbocycles. The second-order valence-electron chi connectivity index (χ2n) is 9.98. The van der Waals surface area contributed by atoms with Gasteiger partial charge in [0.15, 0.2) is 5.56 Å². The molecule has 1 saturated carbocycles. The second kappa shape index (κ2) is 9.43. The van der Waals surface area contributed by atoms with Gasteiger partial charge in [0.2, 0.25) is 17.7 Å². The molecule has 35 heavy (non-hydrogen) atoms. The van der Waals surface area contributed by atoms with Crippen LogP contribution in [0.2, 0.25) is 0 Å². The number of amides is 2. The molecule has 1 aliphatic carbocycles. The Balaban J connectivity index is 1.63. The molecule has 0 radical (unpaired) electrons. The van der Waals surface area contributed by atoms with Crippen LogP contribution in [0.25, 0.3) is 11.7 Å². The Labute approximate surface area is 201 Å². The fourth-order valence-electron chi connectivity index (χ4n) is 4.42. The number of aromatic nitrogens is 3. The zero-order valence-electron chi connectivity index (χ0n) is 20.1. The van der Waals surface area contributed by atoms with Crippen molar-refractivity contribution >= 4 is 23.5 Å². The van der Waals surface area contributed by atoms with Crippen LogP contribution in [0.4, 0.5) is 8.78 Å². The summed E-state index contributed by atoms with van der Waals surface area (Å²) < 4.78 is 29.6. The number of carbonyl (C=O) groups excluding carboxylic acids is 2. The van der Waals surface area contributed by atoms with Crippen molar-refractivity contribution in [2.24, 2.45) is 11.8 Å². The summed E-state index contributed by atoms with van der Waals surface area (Å²) >= 11 is 0. The summed E-state index contributed by atoms with van der Waals surface area (Å²) in [4.78, 5) is 40.1. The normalized spacial score (nSPS) is 17.6. The lowest BCUT2D eigenvalue weighted by atomic mass is 9.91. The number of alkyl halides is 2. The highest BCUT2D eigenvalue weighted by atomic mass is 19.3. The minimum atomic E-state index is -2.77. The third kappa shape index (κ3) is 5.23. The van der Waals surface area contributed by atoms with Crippen LogP contribution in [0.15, 0.2) is 17.1 Å². The van der Waals surface area contributed by atoms with E-state index >= 15 is 0 Å².